The predicted molar refractivity (Wildman–Crippen MR) is 25.1 cm³/mol. The topological polar surface area (TPSA) is 0 Å². The van der Waals surface area contributed by atoms with Crippen molar-refractivity contribution in [2.24, 2.45) is 0 Å². The molecule has 0 aromatic carbocycles. The molecule has 0 saturated heterocycles. The van der Waals surface area contributed by atoms with Crippen molar-refractivity contribution in [3.05, 3.63) is 0 Å². The molecule has 0 heterocycles. The van der Waals surface area contributed by atoms with Crippen molar-refractivity contribution in [1.82, 2.24) is 0 Å². The van der Waals surface area contributed by atoms with E-state index in [4.69, 9.17) is 0 Å². The molecule has 0 nitrogen and oxygen atoms in total. The summed E-state index contributed by atoms with van der Waals surface area (Å²) in [6.45, 7) is 2.16. The Morgan fingerprint density at radius 2 is 2.25 bits per heavy atom. The van der Waals surface area contributed by atoms with E-state index >= 15 is 0 Å². The van der Waals surface area contributed by atoms with Gasteiger partial charge in [-0.15, -0.1) is 5.28 Å². The van der Waals surface area contributed by atoms with Gasteiger partial charge in [-0.1, -0.05) is 13.3 Å². The number of hydrogen-bond acceptors (Lipinski definition) is 0. The van der Waals surface area contributed by atoms with Crippen molar-refractivity contribution in [3.63, 3.8) is 0 Å². The molecule has 4 heavy (non-hydrogen) atoms. The lowest BCUT2D eigenvalue weighted by Crippen LogP contribution is -1.55. The Labute approximate surface area is 38.6 Å². The summed E-state index contributed by atoms with van der Waals surface area (Å²) < 4.78 is 0. The van der Waals surface area contributed by atoms with Gasteiger partial charge in [0.2, 0.25) is 0 Å². The first-order valence-corrected chi connectivity index (χ1v) is 2.43. The zero-order chi connectivity index (χ0) is 3.41. The minimum Gasteiger partial charge on any atom is -0.118 e. The van der Waals surface area contributed by atoms with Crippen LogP contribution in [0.25, 0.3) is 0 Å². The molecule has 0 aromatic heterocycles. The SMILES string of the molecule is CC[CH2][Al].[HH].[HH]. The lowest BCUT2D eigenvalue weighted by molar-refractivity contribution is 1.08. The van der Waals surface area contributed by atoms with Crippen LogP contribution in [0.2, 0.25) is 5.28 Å². The highest BCUT2D eigenvalue weighted by Gasteiger charge is 1.56. The Bertz CT molecular complexity index is 10.8. The lowest BCUT2D eigenvalue weighted by Gasteiger charge is -1.68. The average Bonchev–Trinajstić information content (AvgIpc) is 1.37. The summed E-state index contributed by atoms with van der Waals surface area (Å²) >= 11 is 2.66. The Hall–Kier alpha value is 0.532. The van der Waals surface area contributed by atoms with Crippen LogP contribution >= 0.6 is 0 Å². The van der Waals surface area contributed by atoms with Gasteiger partial charge in [0.15, 0.2) is 0 Å². The molecule has 0 spiro atoms. The van der Waals surface area contributed by atoms with E-state index < -0.39 is 0 Å². The van der Waals surface area contributed by atoms with Crippen LogP contribution in [0.15, 0.2) is 0 Å². The van der Waals surface area contributed by atoms with E-state index in [0.29, 0.717) is 0 Å². The van der Waals surface area contributed by atoms with Gasteiger partial charge in [-0.05, 0) is 0 Å². The molecule has 0 aliphatic carbocycles. The van der Waals surface area contributed by atoms with Gasteiger partial charge < -0.3 is 0 Å². The molecule has 2 radical (unpaired) electrons. The first-order valence-electron chi connectivity index (χ1n) is 1.62. The minimum absolute atomic E-state index is 0. The van der Waals surface area contributed by atoms with Crippen LogP contribution in [-0.2, 0) is 0 Å². The van der Waals surface area contributed by atoms with Gasteiger partial charge in [0.05, 0.1) is 0 Å². The van der Waals surface area contributed by atoms with Crippen LogP contribution < -0.4 is 0 Å². The Morgan fingerprint density at radius 3 is 2.25 bits per heavy atom. The first-order chi connectivity index (χ1) is 1.91. The van der Waals surface area contributed by atoms with Crippen LogP contribution in [0.5, 0.6) is 0 Å². The third-order valence-corrected chi connectivity index (χ3v) is 0.866. The Kier molecular flexibility index (Phi) is 4.00. The molecule has 1 heteroatoms. The molecule has 0 bridgehead atoms. The van der Waals surface area contributed by atoms with E-state index in [-0.39, 0.29) is 2.85 Å². The van der Waals surface area contributed by atoms with E-state index in [1.165, 1.54) is 11.7 Å². The fraction of sp³-hybridized carbons (Fsp3) is 1.00. The van der Waals surface area contributed by atoms with Crippen molar-refractivity contribution in [3.8, 4) is 0 Å². The summed E-state index contributed by atoms with van der Waals surface area (Å²) in [6.07, 6.45) is 1.28. The molecule has 26 valence electrons. The molecule has 0 aliphatic heterocycles. The fourth-order valence-electron chi connectivity index (χ4n) is 0. The molecule has 0 N–H and O–H groups in total. The lowest BCUT2D eigenvalue weighted by atomic mass is 10.6. The smallest absolute Gasteiger partial charge is 0.118 e. The largest absolute Gasteiger partial charge is 0.118 e. The van der Waals surface area contributed by atoms with Crippen LogP contribution in [0.1, 0.15) is 16.2 Å². The highest BCUT2D eigenvalue weighted by molar-refractivity contribution is 6.08. The van der Waals surface area contributed by atoms with Gasteiger partial charge in [0, 0.05) is 2.85 Å². The standard InChI is InChI=1S/C3H7.Al.2H2/c1-3-2;;;/h1,3H2,2H3;;2*1H. The van der Waals surface area contributed by atoms with Gasteiger partial charge in [-0.3, -0.25) is 0 Å². The van der Waals surface area contributed by atoms with Crippen LogP contribution in [-0.4, -0.2) is 16.3 Å². The average molecular weight is 74.1 g/mol. The molecule has 0 unspecified atom stereocenters. The molecule has 0 aromatic rings. The monoisotopic (exact) mass is 74.1 g/mol. The maximum Gasteiger partial charge on any atom is 0.118 e. The van der Waals surface area contributed by atoms with Crippen molar-refractivity contribution in [2.45, 2.75) is 18.6 Å². The summed E-state index contributed by atoms with van der Waals surface area (Å²) in [4.78, 5) is 0. The third kappa shape index (κ3) is 2.53. The van der Waals surface area contributed by atoms with Gasteiger partial charge in [-0.2, -0.15) is 0 Å². The van der Waals surface area contributed by atoms with Gasteiger partial charge in [-0.25, -0.2) is 0 Å². The van der Waals surface area contributed by atoms with Crippen LogP contribution in [0.3, 0.4) is 0 Å². The van der Waals surface area contributed by atoms with Crippen molar-refractivity contribution < 1.29 is 2.85 Å². The van der Waals surface area contributed by atoms with Crippen LogP contribution in [0, 0.1) is 0 Å². The second-order valence-electron chi connectivity index (χ2n) is 0.789. The van der Waals surface area contributed by atoms with E-state index in [1.54, 1.807) is 0 Å². The van der Waals surface area contributed by atoms with E-state index in [2.05, 4.69) is 23.2 Å². The molecular weight excluding hydrogens is 63.0 g/mol. The molecule has 0 atom stereocenters. The maximum absolute atomic E-state index is 2.66. The zero-order valence-corrected chi connectivity index (χ0v) is 4.15. The zero-order valence-electron chi connectivity index (χ0n) is 2.99. The third-order valence-electron chi connectivity index (χ3n) is 0.289. The van der Waals surface area contributed by atoms with Crippen LogP contribution in [0.4, 0.5) is 0 Å². The summed E-state index contributed by atoms with van der Waals surface area (Å²) in [5, 5.41) is 1.24. The van der Waals surface area contributed by atoms with E-state index in [9.17, 15) is 0 Å². The summed E-state index contributed by atoms with van der Waals surface area (Å²) in [5.41, 5.74) is 0. The first kappa shape index (κ1) is 4.53. The number of hydrogen-bond donors (Lipinski definition) is 0. The van der Waals surface area contributed by atoms with E-state index in [1.807, 2.05) is 0 Å². The molecule has 0 rings (SSSR count). The molecular formula is C3H11Al. The molecule has 0 aliphatic rings. The second-order valence-corrected chi connectivity index (χ2v) is 1.37. The summed E-state index contributed by atoms with van der Waals surface area (Å²) in [7, 11) is 0. The Morgan fingerprint density at radius 1 is 2.00 bits per heavy atom. The molecule has 0 fully saturated rings. The predicted octanol–water partition coefficient (Wildman–Crippen LogP) is 1.48. The van der Waals surface area contributed by atoms with Gasteiger partial charge in [0.25, 0.3) is 0 Å². The van der Waals surface area contributed by atoms with E-state index in [0.717, 1.165) is 0 Å². The molecule has 0 saturated carbocycles. The highest BCUT2D eigenvalue weighted by Crippen LogP contribution is 1.73. The molecule has 0 amide bonds. The number of rotatable bonds is 1. The Balaban J connectivity index is -0.0000000450. The van der Waals surface area contributed by atoms with Gasteiger partial charge >= 0.3 is 0 Å². The van der Waals surface area contributed by atoms with Crippen molar-refractivity contribution >= 4 is 16.3 Å². The minimum atomic E-state index is 0. The quantitative estimate of drug-likeness (QED) is 0.413. The second kappa shape index (κ2) is 3.53. The highest BCUT2D eigenvalue weighted by atomic mass is 27.0. The maximum atomic E-state index is 2.66. The fourth-order valence-corrected chi connectivity index (χ4v) is 0. The normalized spacial score (nSPS) is 7.25. The summed E-state index contributed by atoms with van der Waals surface area (Å²) in [5.74, 6) is 0. The summed E-state index contributed by atoms with van der Waals surface area (Å²) in [6, 6.07) is 0. The van der Waals surface area contributed by atoms with Crippen molar-refractivity contribution in [2.75, 3.05) is 0 Å². The van der Waals surface area contributed by atoms with Crippen molar-refractivity contribution in [1.29, 1.82) is 0 Å². The van der Waals surface area contributed by atoms with Gasteiger partial charge in [0.1, 0.15) is 16.3 Å².